The highest BCUT2D eigenvalue weighted by molar-refractivity contribution is 5.42. The van der Waals surface area contributed by atoms with Gasteiger partial charge in [-0.3, -0.25) is 0 Å². The molecule has 0 amide bonds. The van der Waals surface area contributed by atoms with Crippen LogP contribution >= 0.6 is 0 Å². The van der Waals surface area contributed by atoms with Crippen LogP contribution in [0.2, 0.25) is 0 Å². The molecule has 1 unspecified atom stereocenters. The summed E-state index contributed by atoms with van der Waals surface area (Å²) in [4.78, 5) is 0. The third-order valence-corrected chi connectivity index (χ3v) is 3.31. The van der Waals surface area contributed by atoms with Crippen molar-refractivity contribution in [2.45, 2.75) is 45.4 Å². The molecule has 0 saturated heterocycles. The second-order valence-corrected chi connectivity index (χ2v) is 4.61. The predicted octanol–water partition coefficient (Wildman–Crippen LogP) is 3.63. The molecule has 0 aliphatic rings. The lowest BCUT2D eigenvalue weighted by Gasteiger charge is -2.21. The van der Waals surface area contributed by atoms with E-state index in [0.29, 0.717) is 5.92 Å². The van der Waals surface area contributed by atoms with E-state index < -0.39 is 0 Å². The van der Waals surface area contributed by atoms with Crippen LogP contribution in [0.5, 0.6) is 5.75 Å². The van der Waals surface area contributed by atoms with Crippen LogP contribution < -0.4 is 10.5 Å². The van der Waals surface area contributed by atoms with E-state index in [1.54, 1.807) is 7.11 Å². The number of nitrogens with two attached hydrogens (primary N) is 1. The van der Waals surface area contributed by atoms with Crippen molar-refractivity contribution in [1.82, 2.24) is 0 Å². The number of hydrogen-bond acceptors (Lipinski definition) is 2. The summed E-state index contributed by atoms with van der Waals surface area (Å²) in [6.45, 7) is 5.18. The molecule has 1 aromatic rings. The third-order valence-electron chi connectivity index (χ3n) is 3.31. The van der Waals surface area contributed by atoms with Crippen molar-refractivity contribution in [3.8, 4) is 5.75 Å². The molecule has 1 aromatic carbocycles. The van der Waals surface area contributed by atoms with Gasteiger partial charge in [0, 0.05) is 5.56 Å². The maximum atomic E-state index is 5.63. The number of hydrogen-bond donors (Lipinski definition) is 1. The Labute approximate surface area is 105 Å². The number of aryl methyl sites for hydroxylation is 1. The van der Waals surface area contributed by atoms with E-state index in [0.717, 1.165) is 25.1 Å². The lowest BCUT2D eigenvalue weighted by Crippen LogP contribution is -2.07. The zero-order chi connectivity index (χ0) is 12.7. The summed E-state index contributed by atoms with van der Waals surface area (Å²) in [5.41, 5.74) is 8.34. The van der Waals surface area contributed by atoms with Crippen molar-refractivity contribution < 1.29 is 4.74 Å². The van der Waals surface area contributed by atoms with Crippen molar-refractivity contribution >= 4 is 0 Å². The molecule has 96 valence electrons. The van der Waals surface area contributed by atoms with E-state index in [2.05, 4.69) is 32.0 Å². The van der Waals surface area contributed by atoms with Crippen LogP contribution in [0, 0.1) is 6.92 Å². The molecule has 0 aromatic heterocycles. The Morgan fingerprint density at radius 3 is 2.65 bits per heavy atom. The number of ether oxygens (including phenoxy) is 1. The van der Waals surface area contributed by atoms with Gasteiger partial charge >= 0.3 is 0 Å². The highest BCUT2D eigenvalue weighted by atomic mass is 16.5. The zero-order valence-corrected chi connectivity index (χ0v) is 11.3. The van der Waals surface area contributed by atoms with E-state index in [1.807, 2.05) is 0 Å². The SMILES string of the molecule is CCCC(CCCN)c1c(C)cccc1OC. The number of benzene rings is 1. The first-order valence-corrected chi connectivity index (χ1v) is 6.58. The van der Waals surface area contributed by atoms with Crippen LogP contribution in [0.4, 0.5) is 0 Å². The fraction of sp³-hybridized carbons (Fsp3) is 0.600. The standard InChI is InChI=1S/C15H25NO/c1-4-7-13(9-6-11-16)15-12(2)8-5-10-14(15)17-3/h5,8,10,13H,4,6-7,9,11,16H2,1-3H3. The molecule has 0 bridgehead atoms. The Balaban J connectivity index is 2.98. The maximum Gasteiger partial charge on any atom is 0.122 e. The molecule has 1 atom stereocenters. The lowest BCUT2D eigenvalue weighted by atomic mass is 9.87. The van der Waals surface area contributed by atoms with Crippen LogP contribution in [0.1, 0.15) is 49.7 Å². The molecular weight excluding hydrogens is 210 g/mol. The van der Waals surface area contributed by atoms with Gasteiger partial charge < -0.3 is 10.5 Å². The Bertz CT molecular complexity index is 336. The normalized spacial score (nSPS) is 12.5. The molecular formula is C15H25NO. The number of methoxy groups -OCH3 is 1. The quantitative estimate of drug-likeness (QED) is 0.783. The predicted molar refractivity (Wildman–Crippen MR) is 73.7 cm³/mol. The second kappa shape index (κ2) is 7.33. The fourth-order valence-corrected chi connectivity index (χ4v) is 2.50. The van der Waals surface area contributed by atoms with Crippen molar-refractivity contribution in [3.63, 3.8) is 0 Å². The van der Waals surface area contributed by atoms with E-state index in [4.69, 9.17) is 10.5 Å². The summed E-state index contributed by atoms with van der Waals surface area (Å²) in [5.74, 6) is 1.61. The maximum absolute atomic E-state index is 5.63. The Morgan fingerprint density at radius 1 is 1.29 bits per heavy atom. The average Bonchev–Trinajstić information content (AvgIpc) is 2.34. The smallest absolute Gasteiger partial charge is 0.122 e. The Kier molecular flexibility index (Phi) is 6.06. The van der Waals surface area contributed by atoms with Gasteiger partial charge in [0.15, 0.2) is 0 Å². The molecule has 0 aliphatic carbocycles. The molecule has 0 heterocycles. The van der Waals surface area contributed by atoms with Gasteiger partial charge in [-0.15, -0.1) is 0 Å². The Hall–Kier alpha value is -1.02. The first-order chi connectivity index (χ1) is 8.24. The van der Waals surface area contributed by atoms with Gasteiger partial charge in [-0.1, -0.05) is 25.5 Å². The molecule has 17 heavy (non-hydrogen) atoms. The van der Waals surface area contributed by atoms with Crippen LogP contribution in [0.15, 0.2) is 18.2 Å². The molecule has 0 radical (unpaired) electrons. The second-order valence-electron chi connectivity index (χ2n) is 4.61. The summed E-state index contributed by atoms with van der Waals surface area (Å²) in [5, 5.41) is 0. The van der Waals surface area contributed by atoms with Crippen LogP contribution in [0.3, 0.4) is 0 Å². The van der Waals surface area contributed by atoms with Crippen molar-refractivity contribution in [1.29, 1.82) is 0 Å². The molecule has 0 aliphatic heterocycles. The van der Waals surface area contributed by atoms with Gasteiger partial charge in [0.2, 0.25) is 0 Å². The molecule has 1 rings (SSSR count). The molecule has 0 fully saturated rings. The average molecular weight is 235 g/mol. The Morgan fingerprint density at radius 2 is 2.06 bits per heavy atom. The largest absolute Gasteiger partial charge is 0.496 e. The van der Waals surface area contributed by atoms with Gasteiger partial charge in [0.05, 0.1) is 7.11 Å². The van der Waals surface area contributed by atoms with Crippen LogP contribution in [-0.2, 0) is 0 Å². The van der Waals surface area contributed by atoms with Crippen molar-refractivity contribution in [2.24, 2.45) is 5.73 Å². The van der Waals surface area contributed by atoms with E-state index in [-0.39, 0.29) is 0 Å². The number of rotatable bonds is 7. The summed E-state index contributed by atoms with van der Waals surface area (Å²) in [7, 11) is 1.75. The first kappa shape index (κ1) is 14.0. The minimum atomic E-state index is 0.583. The van der Waals surface area contributed by atoms with Gasteiger partial charge in [0.1, 0.15) is 5.75 Å². The molecule has 2 heteroatoms. The van der Waals surface area contributed by atoms with Crippen LogP contribution in [-0.4, -0.2) is 13.7 Å². The summed E-state index contributed by atoms with van der Waals surface area (Å²) in [6, 6.07) is 6.29. The minimum Gasteiger partial charge on any atom is -0.496 e. The minimum absolute atomic E-state index is 0.583. The topological polar surface area (TPSA) is 35.2 Å². The van der Waals surface area contributed by atoms with Gasteiger partial charge in [-0.05, 0) is 50.3 Å². The van der Waals surface area contributed by atoms with Crippen molar-refractivity contribution in [3.05, 3.63) is 29.3 Å². The molecule has 0 saturated carbocycles. The van der Waals surface area contributed by atoms with Gasteiger partial charge in [0.25, 0.3) is 0 Å². The third kappa shape index (κ3) is 3.74. The molecule has 0 spiro atoms. The summed E-state index contributed by atoms with van der Waals surface area (Å²) >= 11 is 0. The van der Waals surface area contributed by atoms with E-state index in [1.165, 1.54) is 24.0 Å². The summed E-state index contributed by atoms with van der Waals surface area (Å²) < 4.78 is 5.50. The monoisotopic (exact) mass is 235 g/mol. The fourth-order valence-electron chi connectivity index (χ4n) is 2.50. The lowest BCUT2D eigenvalue weighted by molar-refractivity contribution is 0.399. The van der Waals surface area contributed by atoms with E-state index in [9.17, 15) is 0 Å². The summed E-state index contributed by atoms with van der Waals surface area (Å²) in [6.07, 6.45) is 4.65. The van der Waals surface area contributed by atoms with E-state index >= 15 is 0 Å². The highest BCUT2D eigenvalue weighted by Gasteiger charge is 2.17. The van der Waals surface area contributed by atoms with Gasteiger partial charge in [-0.25, -0.2) is 0 Å². The molecule has 2 N–H and O–H groups in total. The first-order valence-electron chi connectivity index (χ1n) is 6.58. The highest BCUT2D eigenvalue weighted by Crippen LogP contribution is 2.35. The van der Waals surface area contributed by atoms with Crippen molar-refractivity contribution in [2.75, 3.05) is 13.7 Å². The molecule has 2 nitrogen and oxygen atoms in total. The van der Waals surface area contributed by atoms with Crippen LogP contribution in [0.25, 0.3) is 0 Å². The van der Waals surface area contributed by atoms with Gasteiger partial charge in [-0.2, -0.15) is 0 Å². The zero-order valence-electron chi connectivity index (χ0n) is 11.3.